The van der Waals surface area contributed by atoms with Crippen molar-refractivity contribution in [1.82, 2.24) is 25.3 Å². The first-order valence-electron chi connectivity index (χ1n) is 15.2. The molecule has 4 heterocycles. The Labute approximate surface area is 242 Å². The molecule has 7 atom stereocenters. The molecule has 4 fully saturated rings. The van der Waals surface area contributed by atoms with Gasteiger partial charge in [0.05, 0.1) is 31.3 Å². The van der Waals surface area contributed by atoms with Crippen LogP contribution < -0.4 is 15.4 Å². The Morgan fingerprint density at radius 3 is 2.93 bits per heavy atom. The maximum atomic E-state index is 13.8. The Morgan fingerprint density at radius 1 is 1.27 bits per heavy atom. The van der Waals surface area contributed by atoms with Gasteiger partial charge in [-0.2, -0.15) is 5.26 Å². The maximum Gasteiger partial charge on any atom is 0.246 e. The van der Waals surface area contributed by atoms with Crippen LogP contribution in [0.15, 0.2) is 30.9 Å². The van der Waals surface area contributed by atoms with Crippen LogP contribution in [0.1, 0.15) is 50.5 Å². The van der Waals surface area contributed by atoms with E-state index >= 15 is 0 Å². The molecular weight excluding hydrogens is 523 g/mol. The lowest BCUT2D eigenvalue weighted by atomic mass is 9.70. The number of aryl methyl sites for hydroxylation is 1. The highest BCUT2D eigenvalue weighted by Crippen LogP contribution is 2.45. The van der Waals surface area contributed by atoms with Crippen LogP contribution in [0, 0.1) is 23.1 Å². The van der Waals surface area contributed by atoms with Gasteiger partial charge in [0.25, 0.3) is 0 Å². The molecule has 3 saturated heterocycles. The summed E-state index contributed by atoms with van der Waals surface area (Å²) in [5.41, 5.74) is 0.668. The summed E-state index contributed by atoms with van der Waals surface area (Å²) in [5, 5.41) is 17.1. The summed E-state index contributed by atoms with van der Waals surface area (Å²) in [5.74, 6) is 0.794. The zero-order chi connectivity index (χ0) is 28.6. The van der Waals surface area contributed by atoms with Gasteiger partial charge in [0.2, 0.25) is 5.91 Å². The number of nitrogens with zero attached hydrogens (tertiary/aromatic N) is 4. The number of nitriles is 1. The quantitative estimate of drug-likeness (QED) is 0.508. The average Bonchev–Trinajstić information content (AvgIpc) is 3.39. The summed E-state index contributed by atoms with van der Waals surface area (Å²) in [7, 11) is 2.16. The molecular formula is C31H43FN6O3. The predicted molar refractivity (Wildman–Crippen MR) is 152 cm³/mol. The van der Waals surface area contributed by atoms with Crippen LogP contribution in [0.4, 0.5) is 4.39 Å². The van der Waals surface area contributed by atoms with Gasteiger partial charge in [0, 0.05) is 44.1 Å². The third-order valence-corrected chi connectivity index (χ3v) is 10.2. The summed E-state index contributed by atoms with van der Waals surface area (Å²) in [6, 6.07) is 7.57. The lowest BCUT2D eigenvalue weighted by molar-refractivity contribution is -0.139. The van der Waals surface area contributed by atoms with Crippen LogP contribution in [0.25, 0.3) is 0 Å². The molecule has 0 radical (unpaired) electrons. The fraction of sp³-hybridized carbons (Fsp3) is 0.677. The van der Waals surface area contributed by atoms with Crippen LogP contribution in [0.5, 0.6) is 5.75 Å². The van der Waals surface area contributed by atoms with Crippen molar-refractivity contribution in [1.29, 1.82) is 5.26 Å². The summed E-state index contributed by atoms with van der Waals surface area (Å²) in [6.07, 6.45) is 8.17. The number of rotatable bonds is 6. The second-order valence-electron chi connectivity index (χ2n) is 12.6. The van der Waals surface area contributed by atoms with E-state index in [1.54, 1.807) is 17.0 Å². The summed E-state index contributed by atoms with van der Waals surface area (Å²) >= 11 is 0. The van der Waals surface area contributed by atoms with E-state index in [4.69, 9.17) is 9.47 Å². The van der Waals surface area contributed by atoms with E-state index in [0.717, 1.165) is 62.9 Å². The third kappa shape index (κ3) is 5.88. The van der Waals surface area contributed by atoms with Gasteiger partial charge in [-0.3, -0.25) is 20.3 Å². The summed E-state index contributed by atoms with van der Waals surface area (Å²) in [4.78, 5) is 19.1. The summed E-state index contributed by atoms with van der Waals surface area (Å²) < 4.78 is 27.0. The van der Waals surface area contributed by atoms with E-state index in [0.29, 0.717) is 38.1 Å². The van der Waals surface area contributed by atoms with Gasteiger partial charge in [0.15, 0.2) is 6.35 Å². The fourth-order valence-electron chi connectivity index (χ4n) is 7.87. The number of likely N-dealkylation sites (N-methyl/N-ethyl adjacent to an activating group) is 1. The van der Waals surface area contributed by atoms with Gasteiger partial charge in [-0.1, -0.05) is 6.58 Å². The third-order valence-electron chi connectivity index (χ3n) is 10.2. The zero-order valence-corrected chi connectivity index (χ0v) is 24.1. The lowest BCUT2D eigenvalue weighted by Gasteiger charge is -2.55. The molecule has 6 unspecified atom stereocenters. The maximum absolute atomic E-state index is 13.8. The molecule has 1 spiro atoms. The number of amides is 1. The molecule has 6 rings (SSSR count). The van der Waals surface area contributed by atoms with E-state index in [2.05, 4.69) is 40.1 Å². The molecule has 41 heavy (non-hydrogen) atoms. The van der Waals surface area contributed by atoms with E-state index < -0.39 is 0 Å². The Morgan fingerprint density at radius 2 is 2.15 bits per heavy atom. The van der Waals surface area contributed by atoms with E-state index in [1.165, 1.54) is 18.6 Å². The van der Waals surface area contributed by atoms with Gasteiger partial charge in [-0.05, 0) is 82.0 Å². The first-order chi connectivity index (χ1) is 19.9. The number of hydrogen-bond acceptors (Lipinski definition) is 8. The molecule has 0 bridgehead atoms. The number of halogens is 1. The first-order valence-corrected chi connectivity index (χ1v) is 15.2. The molecule has 1 amide bonds. The topological polar surface area (TPSA) is 93.1 Å². The molecule has 10 heteroatoms. The number of nitrogens with one attached hydrogen (secondary N) is 2. The van der Waals surface area contributed by atoms with E-state index in [-0.39, 0.29) is 41.9 Å². The standard InChI is InChI=1S/C31H43FN6O3/c1-3-28(39)38-16-15-37(19-23(38)10-13-33)29-25-9-12-31(11-8-21-17-22(32)6-7-27(21)41-31)18-26(25)34-30(35-29)40-20-24-5-4-14-36(24)2/h3,6-7,17,23-26,29-30,34-35H,1,4-5,8-12,14-16,18-20H2,2H3/t23?,24?,25?,26?,29?,30?,31-/m0/s1. The molecule has 1 aromatic rings. The average molecular weight is 567 g/mol. The number of carbonyl (C=O) groups is 1. The van der Waals surface area contributed by atoms with Crippen molar-refractivity contribution in [3.8, 4) is 11.8 Å². The number of carbonyl (C=O) groups excluding carboxylic acids is 1. The van der Waals surface area contributed by atoms with Crippen molar-refractivity contribution in [2.75, 3.05) is 39.8 Å². The van der Waals surface area contributed by atoms with Crippen molar-refractivity contribution in [2.45, 2.75) is 87.6 Å². The van der Waals surface area contributed by atoms with E-state index in [9.17, 15) is 14.4 Å². The highest BCUT2D eigenvalue weighted by molar-refractivity contribution is 5.87. The Balaban J connectivity index is 1.20. The Hall–Kier alpha value is -2.55. The number of hydrogen-bond donors (Lipinski definition) is 2. The van der Waals surface area contributed by atoms with Crippen LogP contribution in [-0.4, -0.2) is 96.7 Å². The van der Waals surface area contributed by atoms with E-state index in [1.807, 2.05) is 0 Å². The second-order valence-corrected chi connectivity index (χ2v) is 12.6. The molecule has 5 aliphatic rings. The number of likely N-dealkylation sites (tertiary alicyclic amines) is 1. The van der Waals surface area contributed by atoms with Gasteiger partial charge in [-0.25, -0.2) is 4.39 Å². The Bertz CT molecular complexity index is 1180. The number of benzene rings is 1. The number of piperazine rings is 1. The molecule has 1 aromatic carbocycles. The highest BCUT2D eigenvalue weighted by Gasteiger charge is 2.51. The zero-order valence-electron chi connectivity index (χ0n) is 24.1. The van der Waals surface area contributed by atoms with Crippen LogP contribution in [0.2, 0.25) is 0 Å². The predicted octanol–water partition coefficient (Wildman–Crippen LogP) is 2.58. The van der Waals surface area contributed by atoms with Crippen molar-refractivity contribution < 1.29 is 18.7 Å². The SMILES string of the molecule is C=CC(=O)N1CCN(C2NC(OCC3CCCN3C)NC3C[C@]4(CCc5cc(F)ccc5O4)CCC32)CC1CC#N. The van der Waals surface area contributed by atoms with Gasteiger partial charge < -0.3 is 19.3 Å². The van der Waals surface area contributed by atoms with Gasteiger partial charge in [0.1, 0.15) is 17.2 Å². The normalized spacial score (nSPS) is 35.8. The molecule has 0 aromatic heterocycles. The number of fused-ring (bicyclic) bond motifs is 2. The fourth-order valence-corrected chi connectivity index (χ4v) is 7.87. The van der Waals surface area contributed by atoms with Gasteiger partial charge >= 0.3 is 0 Å². The monoisotopic (exact) mass is 566 g/mol. The minimum Gasteiger partial charge on any atom is -0.487 e. The lowest BCUT2D eigenvalue weighted by Crippen LogP contribution is -2.73. The van der Waals surface area contributed by atoms with Crippen LogP contribution in [0.3, 0.4) is 0 Å². The molecule has 1 saturated carbocycles. The minimum atomic E-state index is -0.308. The molecule has 2 N–H and O–H groups in total. The molecule has 4 aliphatic heterocycles. The second kappa shape index (κ2) is 12.0. The van der Waals surface area contributed by atoms with Crippen molar-refractivity contribution in [3.05, 3.63) is 42.2 Å². The molecule has 9 nitrogen and oxygen atoms in total. The van der Waals surface area contributed by atoms with Crippen LogP contribution in [-0.2, 0) is 16.0 Å². The smallest absolute Gasteiger partial charge is 0.246 e. The van der Waals surface area contributed by atoms with Crippen molar-refractivity contribution in [3.63, 3.8) is 0 Å². The van der Waals surface area contributed by atoms with Gasteiger partial charge in [-0.15, -0.1) is 0 Å². The van der Waals surface area contributed by atoms with Crippen LogP contribution >= 0.6 is 0 Å². The van der Waals surface area contributed by atoms with Crippen molar-refractivity contribution in [2.24, 2.45) is 5.92 Å². The first kappa shape index (κ1) is 28.6. The van der Waals surface area contributed by atoms with Crippen molar-refractivity contribution >= 4 is 5.91 Å². The minimum absolute atomic E-state index is 0.0528. The molecule has 222 valence electrons. The highest BCUT2D eigenvalue weighted by atomic mass is 19.1. The molecule has 1 aliphatic carbocycles. The Kier molecular flexibility index (Phi) is 8.35. The summed E-state index contributed by atoms with van der Waals surface area (Å²) in [6.45, 7) is 7.35. The largest absolute Gasteiger partial charge is 0.487 e. The number of ether oxygens (including phenoxy) is 2.